The fourth-order valence-electron chi connectivity index (χ4n) is 3.10. The predicted octanol–water partition coefficient (Wildman–Crippen LogP) is 5.63. The minimum absolute atomic E-state index is 0.551. The van der Waals surface area contributed by atoms with Crippen LogP contribution in [0.4, 0.5) is 0 Å². The van der Waals surface area contributed by atoms with E-state index in [9.17, 15) is 4.79 Å². The lowest BCUT2D eigenvalue weighted by atomic mass is 10.1. The van der Waals surface area contributed by atoms with Crippen molar-refractivity contribution in [3.05, 3.63) is 59.7 Å². The molecular formula is C26H35N5O. The molecule has 170 valence electrons. The summed E-state index contributed by atoms with van der Waals surface area (Å²) in [4.78, 5) is 22.8. The zero-order valence-electron chi connectivity index (χ0n) is 19.9. The van der Waals surface area contributed by atoms with Gasteiger partial charge in [-0.25, -0.2) is 0 Å². The summed E-state index contributed by atoms with van der Waals surface area (Å²) in [7, 11) is 0. The number of unbranched alkanes of at least 4 members (excludes halogenated alkanes) is 1. The van der Waals surface area contributed by atoms with Crippen LogP contribution < -0.4 is 5.32 Å². The molecule has 1 amide bonds. The summed E-state index contributed by atoms with van der Waals surface area (Å²) in [5, 5.41) is 11.3. The molecule has 0 unspecified atom stereocenters. The van der Waals surface area contributed by atoms with Crippen LogP contribution in [0.5, 0.6) is 0 Å². The first-order valence-corrected chi connectivity index (χ1v) is 11.4. The smallest absolute Gasteiger partial charge is 0.207 e. The third kappa shape index (κ3) is 7.99. The standard InChI is InChI=1S/C22H23N5O.2C2H6/c1-16-12-22(27-20(16)8-10-24-15-28)17-7-11-25-21(13-17)18-5-6-19(26-14-18)4-2-3-9-23;2*1-2/h5-7,11-15,27H,2-4,8,10H2,1H3,(H,24,28);2*1-2H3. The summed E-state index contributed by atoms with van der Waals surface area (Å²) in [6, 6.07) is 12.3. The Balaban J connectivity index is 0.00000121. The van der Waals surface area contributed by atoms with Crippen molar-refractivity contribution < 1.29 is 4.79 Å². The van der Waals surface area contributed by atoms with Crippen molar-refractivity contribution in [3.8, 4) is 28.6 Å². The highest BCUT2D eigenvalue weighted by molar-refractivity contribution is 5.68. The number of carbonyl (C=O) groups is 1. The predicted molar refractivity (Wildman–Crippen MR) is 131 cm³/mol. The lowest BCUT2D eigenvalue weighted by Gasteiger charge is -2.05. The molecule has 0 atom stereocenters. The van der Waals surface area contributed by atoms with Gasteiger partial charge in [-0.2, -0.15) is 5.26 Å². The zero-order valence-corrected chi connectivity index (χ0v) is 19.9. The zero-order chi connectivity index (χ0) is 23.8. The van der Waals surface area contributed by atoms with E-state index in [0.29, 0.717) is 13.0 Å². The molecule has 0 aromatic carbocycles. The second kappa shape index (κ2) is 15.4. The Labute approximate surface area is 192 Å². The third-order valence-electron chi connectivity index (χ3n) is 4.64. The van der Waals surface area contributed by atoms with E-state index >= 15 is 0 Å². The number of rotatable bonds is 9. The Kier molecular flexibility index (Phi) is 12.8. The molecule has 0 spiro atoms. The highest BCUT2D eigenvalue weighted by atomic mass is 16.1. The summed E-state index contributed by atoms with van der Waals surface area (Å²) < 4.78 is 0. The van der Waals surface area contributed by atoms with E-state index < -0.39 is 0 Å². The van der Waals surface area contributed by atoms with Gasteiger partial charge in [0.1, 0.15) is 0 Å². The molecule has 2 N–H and O–H groups in total. The fourth-order valence-corrected chi connectivity index (χ4v) is 3.10. The van der Waals surface area contributed by atoms with Gasteiger partial charge < -0.3 is 10.3 Å². The van der Waals surface area contributed by atoms with Crippen LogP contribution in [0.3, 0.4) is 0 Å². The maximum atomic E-state index is 10.4. The molecule has 0 fully saturated rings. The van der Waals surface area contributed by atoms with Gasteiger partial charge in [-0.15, -0.1) is 0 Å². The maximum Gasteiger partial charge on any atom is 0.207 e. The van der Waals surface area contributed by atoms with E-state index in [4.69, 9.17) is 5.26 Å². The highest BCUT2D eigenvalue weighted by Gasteiger charge is 2.09. The number of nitrogens with zero attached hydrogens (tertiary/aromatic N) is 3. The number of H-pyrrole nitrogens is 1. The van der Waals surface area contributed by atoms with Crippen molar-refractivity contribution in [2.24, 2.45) is 0 Å². The number of aromatic amines is 1. The molecule has 0 aliphatic rings. The molecule has 6 heteroatoms. The van der Waals surface area contributed by atoms with Crippen molar-refractivity contribution in [1.29, 1.82) is 5.26 Å². The Bertz CT molecular complexity index is 971. The molecule has 3 aromatic rings. The third-order valence-corrected chi connectivity index (χ3v) is 4.64. The van der Waals surface area contributed by atoms with E-state index in [1.165, 1.54) is 5.56 Å². The number of hydrogen-bond acceptors (Lipinski definition) is 4. The average Bonchev–Trinajstić information content (AvgIpc) is 3.23. The van der Waals surface area contributed by atoms with Crippen LogP contribution in [0.1, 0.15) is 57.5 Å². The summed E-state index contributed by atoms with van der Waals surface area (Å²) in [6.07, 6.45) is 7.31. The van der Waals surface area contributed by atoms with E-state index in [1.54, 1.807) is 6.20 Å². The largest absolute Gasteiger partial charge is 0.358 e. The van der Waals surface area contributed by atoms with E-state index in [2.05, 4.69) is 39.3 Å². The van der Waals surface area contributed by atoms with Crippen LogP contribution in [0.15, 0.2) is 42.7 Å². The van der Waals surface area contributed by atoms with Crippen LogP contribution in [0.2, 0.25) is 0 Å². The molecule has 0 bridgehead atoms. The van der Waals surface area contributed by atoms with Gasteiger partial charge in [0, 0.05) is 60.0 Å². The van der Waals surface area contributed by atoms with Gasteiger partial charge in [0.2, 0.25) is 6.41 Å². The number of carbonyl (C=O) groups excluding carboxylic acids is 1. The number of pyridine rings is 2. The van der Waals surface area contributed by atoms with Crippen molar-refractivity contribution >= 4 is 6.41 Å². The fraction of sp³-hybridized carbons (Fsp3) is 0.385. The number of nitrogens with one attached hydrogen (secondary N) is 2. The van der Waals surface area contributed by atoms with Crippen LogP contribution in [0, 0.1) is 18.3 Å². The number of aromatic nitrogens is 3. The molecule has 3 rings (SSSR count). The second-order valence-corrected chi connectivity index (χ2v) is 6.65. The Morgan fingerprint density at radius 3 is 2.50 bits per heavy atom. The minimum atomic E-state index is 0.551. The van der Waals surface area contributed by atoms with Crippen molar-refractivity contribution in [2.75, 3.05) is 6.54 Å². The van der Waals surface area contributed by atoms with Gasteiger partial charge in [-0.1, -0.05) is 27.7 Å². The monoisotopic (exact) mass is 433 g/mol. The van der Waals surface area contributed by atoms with E-state index in [1.807, 2.05) is 58.2 Å². The summed E-state index contributed by atoms with van der Waals surface area (Å²) in [5.74, 6) is 0. The molecule has 0 saturated carbocycles. The van der Waals surface area contributed by atoms with E-state index in [-0.39, 0.29) is 0 Å². The molecule has 32 heavy (non-hydrogen) atoms. The lowest BCUT2D eigenvalue weighted by Crippen LogP contribution is -2.14. The first-order chi connectivity index (χ1) is 15.7. The average molecular weight is 434 g/mol. The van der Waals surface area contributed by atoms with Crippen molar-refractivity contribution in [1.82, 2.24) is 20.3 Å². The number of amides is 1. The molecule has 0 aliphatic heterocycles. The molecule has 6 nitrogen and oxygen atoms in total. The maximum absolute atomic E-state index is 10.4. The molecule has 0 radical (unpaired) electrons. The Hall–Kier alpha value is -3.46. The molecular weight excluding hydrogens is 398 g/mol. The summed E-state index contributed by atoms with van der Waals surface area (Å²) >= 11 is 0. The van der Waals surface area contributed by atoms with E-state index in [0.717, 1.165) is 59.6 Å². The number of aryl methyl sites for hydroxylation is 2. The van der Waals surface area contributed by atoms with Gasteiger partial charge in [-0.3, -0.25) is 14.8 Å². The molecule has 3 heterocycles. The normalized spacial score (nSPS) is 9.50. The van der Waals surface area contributed by atoms with Crippen LogP contribution in [-0.4, -0.2) is 27.9 Å². The summed E-state index contributed by atoms with van der Waals surface area (Å²) in [6.45, 7) is 10.7. The SMILES string of the molecule is CC.CC.Cc1cc(-c2ccnc(-c3ccc(CCCC#N)nc3)c2)[nH]c1CCNC=O. The number of hydrogen-bond donors (Lipinski definition) is 2. The van der Waals surface area contributed by atoms with Crippen LogP contribution >= 0.6 is 0 Å². The van der Waals surface area contributed by atoms with Crippen LogP contribution in [0.25, 0.3) is 22.5 Å². The van der Waals surface area contributed by atoms with Crippen molar-refractivity contribution in [2.45, 2.75) is 60.3 Å². The van der Waals surface area contributed by atoms with Gasteiger partial charge in [-0.05, 0) is 55.7 Å². The van der Waals surface area contributed by atoms with Crippen molar-refractivity contribution in [3.63, 3.8) is 0 Å². The van der Waals surface area contributed by atoms with Crippen LogP contribution in [-0.2, 0) is 17.6 Å². The van der Waals surface area contributed by atoms with Gasteiger partial charge in [0.05, 0.1) is 11.8 Å². The molecule has 0 saturated heterocycles. The first kappa shape index (κ1) is 26.6. The quantitative estimate of drug-likeness (QED) is 0.337. The Morgan fingerprint density at radius 2 is 1.84 bits per heavy atom. The Morgan fingerprint density at radius 1 is 1.06 bits per heavy atom. The highest BCUT2D eigenvalue weighted by Crippen LogP contribution is 2.25. The van der Waals surface area contributed by atoms with Gasteiger partial charge in [0.25, 0.3) is 0 Å². The first-order valence-electron chi connectivity index (χ1n) is 11.4. The topological polar surface area (TPSA) is 94.5 Å². The number of nitriles is 1. The molecule has 3 aromatic heterocycles. The van der Waals surface area contributed by atoms with Gasteiger partial charge in [0.15, 0.2) is 0 Å². The second-order valence-electron chi connectivity index (χ2n) is 6.65. The lowest BCUT2D eigenvalue weighted by molar-refractivity contribution is -0.109. The van der Waals surface area contributed by atoms with Gasteiger partial charge >= 0.3 is 0 Å². The summed E-state index contributed by atoms with van der Waals surface area (Å²) in [5.41, 5.74) is 7.19. The minimum Gasteiger partial charge on any atom is -0.358 e. The molecule has 0 aliphatic carbocycles.